The first-order valence-corrected chi connectivity index (χ1v) is 5.62. The number of aryl methyl sites for hydroxylation is 1. The fourth-order valence-electron chi connectivity index (χ4n) is 2.18. The van der Waals surface area contributed by atoms with Gasteiger partial charge in [-0.2, -0.15) is 5.10 Å². The summed E-state index contributed by atoms with van der Waals surface area (Å²) < 4.78 is 1.93. The number of nitrogens with two attached hydrogens (primary N) is 1. The van der Waals surface area contributed by atoms with E-state index in [4.69, 9.17) is 5.73 Å². The maximum Gasteiger partial charge on any atom is 0.0537 e. The molecule has 1 saturated heterocycles. The molecule has 0 aromatic carbocycles. The van der Waals surface area contributed by atoms with Gasteiger partial charge in [-0.05, 0) is 26.3 Å². The largest absolute Gasteiger partial charge is 0.327 e. The predicted molar refractivity (Wildman–Crippen MR) is 60.4 cm³/mol. The van der Waals surface area contributed by atoms with Crippen LogP contribution in [0.5, 0.6) is 0 Å². The van der Waals surface area contributed by atoms with Crippen LogP contribution in [-0.4, -0.2) is 33.8 Å². The first-order chi connectivity index (χ1) is 7.16. The molecule has 4 nitrogen and oxygen atoms in total. The SMILES string of the molecule is Cc1c(CN2CCC[C@H](N)C2)cnn1C. The van der Waals surface area contributed by atoms with Gasteiger partial charge >= 0.3 is 0 Å². The van der Waals surface area contributed by atoms with Gasteiger partial charge in [-0.1, -0.05) is 0 Å². The minimum absolute atomic E-state index is 0.357. The van der Waals surface area contributed by atoms with Gasteiger partial charge in [-0.15, -0.1) is 0 Å². The van der Waals surface area contributed by atoms with Gasteiger partial charge in [0.05, 0.1) is 6.20 Å². The molecule has 0 saturated carbocycles. The van der Waals surface area contributed by atoms with Crippen LogP contribution in [-0.2, 0) is 13.6 Å². The summed E-state index contributed by atoms with van der Waals surface area (Å²) in [6, 6.07) is 0.357. The molecule has 1 atom stereocenters. The zero-order valence-electron chi connectivity index (χ0n) is 9.61. The van der Waals surface area contributed by atoms with Gasteiger partial charge in [0.25, 0.3) is 0 Å². The average Bonchev–Trinajstić information content (AvgIpc) is 2.50. The Morgan fingerprint density at radius 2 is 2.40 bits per heavy atom. The van der Waals surface area contributed by atoms with Crippen molar-refractivity contribution in [2.24, 2.45) is 12.8 Å². The third-order valence-electron chi connectivity index (χ3n) is 3.27. The van der Waals surface area contributed by atoms with E-state index in [-0.39, 0.29) is 0 Å². The maximum absolute atomic E-state index is 5.96. The van der Waals surface area contributed by atoms with E-state index in [1.54, 1.807) is 0 Å². The van der Waals surface area contributed by atoms with Gasteiger partial charge < -0.3 is 5.73 Å². The maximum atomic E-state index is 5.96. The van der Waals surface area contributed by atoms with Crippen LogP contribution in [0.4, 0.5) is 0 Å². The van der Waals surface area contributed by atoms with Crippen LogP contribution in [0.15, 0.2) is 6.20 Å². The number of aromatic nitrogens is 2. The number of rotatable bonds is 2. The van der Waals surface area contributed by atoms with Gasteiger partial charge in [0.1, 0.15) is 0 Å². The molecule has 1 fully saturated rings. The highest BCUT2D eigenvalue weighted by molar-refractivity contribution is 5.15. The highest BCUT2D eigenvalue weighted by Crippen LogP contribution is 2.14. The lowest BCUT2D eigenvalue weighted by Crippen LogP contribution is -2.42. The lowest BCUT2D eigenvalue weighted by molar-refractivity contribution is 0.201. The third-order valence-corrected chi connectivity index (χ3v) is 3.27. The van der Waals surface area contributed by atoms with E-state index in [2.05, 4.69) is 16.9 Å². The molecule has 4 heteroatoms. The molecule has 2 heterocycles. The van der Waals surface area contributed by atoms with Crippen LogP contribution < -0.4 is 5.73 Å². The van der Waals surface area contributed by atoms with Gasteiger partial charge in [0, 0.05) is 37.4 Å². The van der Waals surface area contributed by atoms with Crippen molar-refractivity contribution in [1.82, 2.24) is 14.7 Å². The van der Waals surface area contributed by atoms with E-state index >= 15 is 0 Å². The number of hydrogen-bond donors (Lipinski definition) is 1. The lowest BCUT2D eigenvalue weighted by Gasteiger charge is -2.30. The fourth-order valence-corrected chi connectivity index (χ4v) is 2.18. The lowest BCUT2D eigenvalue weighted by atomic mass is 10.1. The molecule has 1 aliphatic heterocycles. The molecule has 0 radical (unpaired) electrons. The second-order valence-electron chi connectivity index (χ2n) is 4.52. The first kappa shape index (κ1) is 10.6. The smallest absolute Gasteiger partial charge is 0.0537 e. The van der Waals surface area contributed by atoms with Crippen molar-refractivity contribution in [3.05, 3.63) is 17.5 Å². The highest BCUT2D eigenvalue weighted by atomic mass is 15.3. The minimum atomic E-state index is 0.357. The zero-order chi connectivity index (χ0) is 10.8. The second kappa shape index (κ2) is 4.33. The third kappa shape index (κ3) is 2.38. The summed E-state index contributed by atoms with van der Waals surface area (Å²) in [5, 5.41) is 4.26. The Bertz CT molecular complexity index is 331. The summed E-state index contributed by atoms with van der Waals surface area (Å²) in [6.45, 7) is 5.30. The average molecular weight is 208 g/mol. The van der Waals surface area contributed by atoms with Crippen LogP contribution in [0, 0.1) is 6.92 Å². The molecule has 0 bridgehead atoms. The molecule has 0 aliphatic carbocycles. The van der Waals surface area contributed by atoms with E-state index in [0.29, 0.717) is 6.04 Å². The van der Waals surface area contributed by atoms with Gasteiger partial charge in [-0.25, -0.2) is 0 Å². The highest BCUT2D eigenvalue weighted by Gasteiger charge is 2.17. The Morgan fingerprint density at radius 1 is 1.60 bits per heavy atom. The summed E-state index contributed by atoms with van der Waals surface area (Å²) in [4.78, 5) is 2.43. The van der Waals surface area contributed by atoms with Crippen LogP contribution in [0.2, 0.25) is 0 Å². The molecule has 1 aliphatic rings. The van der Waals surface area contributed by atoms with Gasteiger partial charge in [0.2, 0.25) is 0 Å². The molecule has 0 unspecified atom stereocenters. The zero-order valence-corrected chi connectivity index (χ0v) is 9.61. The van der Waals surface area contributed by atoms with E-state index < -0.39 is 0 Å². The molecular formula is C11H20N4. The van der Waals surface area contributed by atoms with Crippen molar-refractivity contribution >= 4 is 0 Å². The Labute approximate surface area is 91.1 Å². The first-order valence-electron chi connectivity index (χ1n) is 5.62. The van der Waals surface area contributed by atoms with Crippen molar-refractivity contribution in [3.63, 3.8) is 0 Å². The molecule has 2 N–H and O–H groups in total. The van der Waals surface area contributed by atoms with Crippen LogP contribution >= 0.6 is 0 Å². The number of hydrogen-bond acceptors (Lipinski definition) is 3. The summed E-state index contributed by atoms with van der Waals surface area (Å²) >= 11 is 0. The Balaban J connectivity index is 1.99. The number of piperidine rings is 1. The minimum Gasteiger partial charge on any atom is -0.327 e. The normalized spacial score (nSPS) is 23.3. The van der Waals surface area contributed by atoms with Crippen molar-refractivity contribution < 1.29 is 0 Å². The summed E-state index contributed by atoms with van der Waals surface area (Å²) in [5.74, 6) is 0. The molecule has 84 valence electrons. The standard InChI is InChI=1S/C11H20N4/c1-9-10(6-13-14(9)2)7-15-5-3-4-11(12)8-15/h6,11H,3-5,7-8,12H2,1-2H3/t11-/m0/s1. The monoisotopic (exact) mass is 208 g/mol. The van der Waals surface area contributed by atoms with Crippen LogP contribution in [0.3, 0.4) is 0 Å². The summed E-state index contributed by atoms with van der Waals surface area (Å²) in [6.07, 6.45) is 4.36. The Morgan fingerprint density at radius 3 is 3.00 bits per heavy atom. The topological polar surface area (TPSA) is 47.1 Å². The van der Waals surface area contributed by atoms with Crippen molar-refractivity contribution in [2.75, 3.05) is 13.1 Å². The molecule has 15 heavy (non-hydrogen) atoms. The quantitative estimate of drug-likeness (QED) is 0.776. The number of nitrogens with zero attached hydrogens (tertiary/aromatic N) is 3. The van der Waals surface area contributed by atoms with Crippen molar-refractivity contribution in [1.29, 1.82) is 0 Å². The fraction of sp³-hybridized carbons (Fsp3) is 0.727. The van der Waals surface area contributed by atoms with Crippen molar-refractivity contribution in [3.8, 4) is 0 Å². The van der Waals surface area contributed by atoms with E-state index in [1.807, 2.05) is 17.9 Å². The van der Waals surface area contributed by atoms with E-state index in [0.717, 1.165) is 13.1 Å². The molecule has 0 amide bonds. The van der Waals surface area contributed by atoms with Crippen molar-refractivity contribution in [2.45, 2.75) is 32.4 Å². The Kier molecular flexibility index (Phi) is 3.07. The van der Waals surface area contributed by atoms with E-state index in [9.17, 15) is 0 Å². The molecule has 2 rings (SSSR count). The van der Waals surface area contributed by atoms with Crippen LogP contribution in [0.1, 0.15) is 24.1 Å². The van der Waals surface area contributed by atoms with E-state index in [1.165, 1.54) is 30.6 Å². The van der Waals surface area contributed by atoms with Gasteiger partial charge in [-0.3, -0.25) is 9.58 Å². The number of likely N-dealkylation sites (tertiary alicyclic amines) is 1. The second-order valence-corrected chi connectivity index (χ2v) is 4.52. The van der Waals surface area contributed by atoms with Gasteiger partial charge in [0.15, 0.2) is 0 Å². The van der Waals surface area contributed by atoms with Crippen LogP contribution in [0.25, 0.3) is 0 Å². The Hall–Kier alpha value is -0.870. The predicted octanol–water partition coefficient (Wildman–Crippen LogP) is 0.652. The molecular weight excluding hydrogens is 188 g/mol. The summed E-state index contributed by atoms with van der Waals surface area (Å²) in [7, 11) is 1.99. The molecule has 1 aromatic heterocycles. The molecule has 0 spiro atoms. The summed E-state index contributed by atoms with van der Waals surface area (Å²) in [5.41, 5.74) is 8.54. The molecule has 1 aromatic rings.